The topological polar surface area (TPSA) is 50.1 Å². The standard InChI is InChI=1S/C15H15N3OS/c19-13-8-16-7-12(13)18-6-5-17-15(18)11-9-20-14-4-2-1-3-10(11)14/h1-6,9,12-13,16,19H,7-8H2/t12-,13+/m1/s1. The molecule has 0 amide bonds. The lowest BCUT2D eigenvalue weighted by atomic mass is 10.1. The molecular formula is C15H15N3OS. The van der Waals surface area contributed by atoms with E-state index in [4.69, 9.17) is 0 Å². The number of β-amino-alcohol motifs (C(OH)–C–C–N with tert-alkyl or cyclic N) is 1. The van der Waals surface area contributed by atoms with Gasteiger partial charge in [-0.3, -0.25) is 0 Å². The van der Waals surface area contributed by atoms with Gasteiger partial charge in [0.05, 0.1) is 12.1 Å². The van der Waals surface area contributed by atoms with Crippen LogP contribution in [0.15, 0.2) is 42.0 Å². The van der Waals surface area contributed by atoms with Gasteiger partial charge in [0.25, 0.3) is 0 Å². The van der Waals surface area contributed by atoms with Crippen molar-refractivity contribution >= 4 is 21.4 Å². The molecule has 3 heterocycles. The minimum absolute atomic E-state index is 0.0613. The van der Waals surface area contributed by atoms with Gasteiger partial charge < -0.3 is 15.0 Å². The van der Waals surface area contributed by atoms with Gasteiger partial charge in [-0.1, -0.05) is 18.2 Å². The molecule has 3 aromatic rings. The molecule has 0 radical (unpaired) electrons. The number of aliphatic hydroxyl groups is 1. The molecule has 0 bridgehead atoms. The Balaban J connectivity index is 1.85. The Morgan fingerprint density at radius 1 is 1.30 bits per heavy atom. The molecule has 5 heteroatoms. The fourth-order valence-corrected chi connectivity index (χ4v) is 3.81. The summed E-state index contributed by atoms with van der Waals surface area (Å²) in [5.74, 6) is 0.940. The van der Waals surface area contributed by atoms with E-state index in [0.717, 1.165) is 17.9 Å². The van der Waals surface area contributed by atoms with E-state index in [-0.39, 0.29) is 12.1 Å². The molecule has 4 nitrogen and oxygen atoms in total. The number of hydrogen-bond acceptors (Lipinski definition) is 4. The number of thiophene rings is 1. The fraction of sp³-hybridized carbons (Fsp3) is 0.267. The van der Waals surface area contributed by atoms with Crippen LogP contribution in [0.4, 0.5) is 0 Å². The van der Waals surface area contributed by atoms with Crippen molar-refractivity contribution in [2.45, 2.75) is 12.1 Å². The van der Waals surface area contributed by atoms with Gasteiger partial charge in [0.1, 0.15) is 5.82 Å². The second kappa shape index (κ2) is 4.70. The normalized spacial score (nSPS) is 22.6. The van der Waals surface area contributed by atoms with E-state index in [2.05, 4.69) is 44.5 Å². The van der Waals surface area contributed by atoms with Crippen molar-refractivity contribution in [2.24, 2.45) is 0 Å². The average Bonchev–Trinajstić information content (AvgIpc) is 3.15. The minimum atomic E-state index is -0.354. The van der Waals surface area contributed by atoms with Crippen molar-refractivity contribution in [3.8, 4) is 11.4 Å². The van der Waals surface area contributed by atoms with E-state index in [1.165, 1.54) is 10.1 Å². The first-order chi connectivity index (χ1) is 9.84. The van der Waals surface area contributed by atoms with Gasteiger partial charge in [-0.15, -0.1) is 11.3 Å². The third-order valence-electron chi connectivity index (χ3n) is 3.90. The summed E-state index contributed by atoms with van der Waals surface area (Å²) in [5.41, 5.74) is 1.15. The van der Waals surface area contributed by atoms with Crippen LogP contribution in [0.2, 0.25) is 0 Å². The van der Waals surface area contributed by atoms with Gasteiger partial charge in [0.2, 0.25) is 0 Å². The Labute approximate surface area is 120 Å². The largest absolute Gasteiger partial charge is 0.390 e. The molecule has 0 saturated carbocycles. The number of aliphatic hydroxyl groups excluding tert-OH is 1. The maximum atomic E-state index is 10.1. The molecule has 0 spiro atoms. The smallest absolute Gasteiger partial charge is 0.141 e. The summed E-state index contributed by atoms with van der Waals surface area (Å²) < 4.78 is 3.36. The van der Waals surface area contributed by atoms with Crippen LogP contribution in [0, 0.1) is 0 Å². The lowest BCUT2D eigenvalue weighted by molar-refractivity contribution is 0.151. The number of imidazole rings is 1. The number of hydrogen-bond donors (Lipinski definition) is 2. The van der Waals surface area contributed by atoms with Crippen LogP contribution in [0.5, 0.6) is 0 Å². The molecule has 1 aliphatic rings. The molecule has 1 aliphatic heterocycles. The van der Waals surface area contributed by atoms with Crippen LogP contribution in [0.3, 0.4) is 0 Å². The number of aromatic nitrogens is 2. The van der Waals surface area contributed by atoms with E-state index < -0.39 is 0 Å². The van der Waals surface area contributed by atoms with E-state index in [9.17, 15) is 5.11 Å². The predicted molar refractivity (Wildman–Crippen MR) is 81.0 cm³/mol. The predicted octanol–water partition coefficient (Wildman–Crippen LogP) is 2.27. The van der Waals surface area contributed by atoms with Crippen molar-refractivity contribution in [1.82, 2.24) is 14.9 Å². The van der Waals surface area contributed by atoms with Crippen LogP contribution in [0.25, 0.3) is 21.5 Å². The Morgan fingerprint density at radius 2 is 2.20 bits per heavy atom. The zero-order valence-corrected chi connectivity index (χ0v) is 11.7. The second-order valence-corrected chi connectivity index (χ2v) is 6.01. The maximum Gasteiger partial charge on any atom is 0.141 e. The Bertz CT molecular complexity index is 748. The summed E-state index contributed by atoms with van der Waals surface area (Å²) in [5, 5.41) is 16.7. The SMILES string of the molecule is O[C@H]1CNC[C@H]1n1ccnc1-c1csc2ccccc12. The molecule has 0 unspecified atom stereocenters. The van der Waals surface area contributed by atoms with Crippen LogP contribution < -0.4 is 5.32 Å². The van der Waals surface area contributed by atoms with Gasteiger partial charge in [0.15, 0.2) is 0 Å². The number of benzene rings is 1. The molecule has 1 aromatic carbocycles. The lowest BCUT2D eigenvalue weighted by Crippen LogP contribution is -2.22. The first-order valence-corrected chi connectivity index (χ1v) is 7.61. The molecule has 2 N–H and O–H groups in total. The van der Waals surface area contributed by atoms with E-state index in [0.29, 0.717) is 6.54 Å². The van der Waals surface area contributed by atoms with Gasteiger partial charge in [-0.2, -0.15) is 0 Å². The second-order valence-electron chi connectivity index (χ2n) is 5.10. The molecule has 1 saturated heterocycles. The number of fused-ring (bicyclic) bond motifs is 1. The fourth-order valence-electron chi connectivity index (χ4n) is 2.88. The Kier molecular flexibility index (Phi) is 2.84. The summed E-state index contributed by atoms with van der Waals surface area (Å²) >= 11 is 1.73. The van der Waals surface area contributed by atoms with Crippen LogP contribution in [0.1, 0.15) is 6.04 Å². The number of rotatable bonds is 2. The highest BCUT2D eigenvalue weighted by molar-refractivity contribution is 7.17. The van der Waals surface area contributed by atoms with E-state index in [1.807, 2.05) is 12.4 Å². The van der Waals surface area contributed by atoms with Crippen LogP contribution in [-0.4, -0.2) is 33.9 Å². The van der Waals surface area contributed by atoms with Crippen LogP contribution in [-0.2, 0) is 0 Å². The molecule has 102 valence electrons. The van der Waals surface area contributed by atoms with Crippen LogP contribution >= 0.6 is 11.3 Å². The molecule has 0 aliphatic carbocycles. The minimum Gasteiger partial charge on any atom is -0.390 e. The zero-order chi connectivity index (χ0) is 13.5. The van der Waals surface area contributed by atoms with Gasteiger partial charge in [0, 0.05) is 46.5 Å². The van der Waals surface area contributed by atoms with Crippen molar-refractivity contribution in [3.63, 3.8) is 0 Å². The molecule has 1 fully saturated rings. The highest BCUT2D eigenvalue weighted by Crippen LogP contribution is 2.34. The average molecular weight is 285 g/mol. The quantitative estimate of drug-likeness (QED) is 0.759. The number of nitrogens with zero attached hydrogens (tertiary/aromatic N) is 2. The van der Waals surface area contributed by atoms with Crippen molar-refractivity contribution in [1.29, 1.82) is 0 Å². The zero-order valence-electron chi connectivity index (χ0n) is 10.9. The lowest BCUT2D eigenvalue weighted by Gasteiger charge is -2.17. The molecular weight excluding hydrogens is 270 g/mol. The Hall–Kier alpha value is -1.69. The van der Waals surface area contributed by atoms with Gasteiger partial charge in [-0.05, 0) is 6.07 Å². The van der Waals surface area contributed by atoms with Crippen molar-refractivity contribution in [3.05, 3.63) is 42.0 Å². The molecule has 4 rings (SSSR count). The summed E-state index contributed by atoms with van der Waals surface area (Å²) in [6, 6.07) is 8.43. The summed E-state index contributed by atoms with van der Waals surface area (Å²) in [4.78, 5) is 4.52. The summed E-state index contributed by atoms with van der Waals surface area (Å²) in [6.45, 7) is 1.43. The van der Waals surface area contributed by atoms with E-state index in [1.54, 1.807) is 11.3 Å². The summed E-state index contributed by atoms with van der Waals surface area (Å²) in [7, 11) is 0. The first kappa shape index (κ1) is 12.1. The molecule has 2 atom stereocenters. The van der Waals surface area contributed by atoms with Crippen molar-refractivity contribution < 1.29 is 5.11 Å². The monoisotopic (exact) mass is 285 g/mol. The molecule has 2 aromatic heterocycles. The van der Waals surface area contributed by atoms with Gasteiger partial charge in [-0.25, -0.2) is 4.98 Å². The third kappa shape index (κ3) is 1.78. The molecule has 20 heavy (non-hydrogen) atoms. The third-order valence-corrected chi connectivity index (χ3v) is 4.86. The van der Waals surface area contributed by atoms with E-state index >= 15 is 0 Å². The first-order valence-electron chi connectivity index (χ1n) is 6.73. The van der Waals surface area contributed by atoms with Gasteiger partial charge >= 0.3 is 0 Å². The summed E-state index contributed by atoms with van der Waals surface area (Å²) in [6.07, 6.45) is 3.42. The van der Waals surface area contributed by atoms with Crippen molar-refractivity contribution in [2.75, 3.05) is 13.1 Å². The number of nitrogens with one attached hydrogen (secondary N) is 1. The maximum absolute atomic E-state index is 10.1. The Morgan fingerprint density at radius 3 is 3.05 bits per heavy atom. The highest BCUT2D eigenvalue weighted by Gasteiger charge is 2.28. The highest BCUT2D eigenvalue weighted by atomic mass is 32.1.